The first-order valence-corrected chi connectivity index (χ1v) is 8.58. The lowest BCUT2D eigenvalue weighted by Gasteiger charge is -2.21. The minimum atomic E-state index is -3.48. The van der Waals surface area contributed by atoms with Crippen LogP contribution in [0.4, 0.5) is 5.69 Å². The van der Waals surface area contributed by atoms with Crippen molar-refractivity contribution in [2.24, 2.45) is 0 Å². The molecule has 1 aromatic rings. The molecule has 20 heavy (non-hydrogen) atoms. The fourth-order valence-electron chi connectivity index (χ4n) is 1.82. The fourth-order valence-corrected chi connectivity index (χ4v) is 3.26. The predicted octanol–water partition coefficient (Wildman–Crippen LogP) is 2.05. The van der Waals surface area contributed by atoms with Crippen molar-refractivity contribution in [1.29, 1.82) is 0 Å². The Morgan fingerprint density at radius 1 is 1.15 bits per heavy atom. The number of anilines is 1. The topological polar surface area (TPSA) is 59.0 Å². The molecule has 0 heterocycles. The quantitative estimate of drug-likeness (QED) is 0.588. The molecule has 1 unspecified atom stereocenters. The molecule has 1 aromatic carbocycles. The highest BCUT2D eigenvalue weighted by atomic mass is 31.2. The summed E-state index contributed by atoms with van der Waals surface area (Å²) in [4.78, 5) is 12.2. The van der Waals surface area contributed by atoms with E-state index in [9.17, 15) is 9.46 Å². The lowest BCUT2D eigenvalue weighted by molar-refractivity contribution is -0.121. The molecular formula is C14H24NO4P. The Balaban J connectivity index is 2.83. The maximum absolute atomic E-state index is 12.4. The lowest BCUT2D eigenvalue weighted by atomic mass is 10.3. The summed E-state index contributed by atoms with van der Waals surface area (Å²) >= 11 is 0. The zero-order chi connectivity index (χ0) is 15.2. The zero-order valence-electron chi connectivity index (χ0n) is 12.6. The predicted molar refractivity (Wildman–Crippen MR) is 82.1 cm³/mol. The van der Waals surface area contributed by atoms with Crippen molar-refractivity contribution in [2.75, 3.05) is 38.4 Å². The van der Waals surface area contributed by atoms with Gasteiger partial charge in [0, 0.05) is 38.3 Å². The lowest BCUT2D eigenvalue weighted by Crippen LogP contribution is -2.24. The Morgan fingerprint density at radius 2 is 1.65 bits per heavy atom. The first-order valence-electron chi connectivity index (χ1n) is 6.73. The third-order valence-electron chi connectivity index (χ3n) is 2.87. The van der Waals surface area contributed by atoms with Gasteiger partial charge in [-0.25, -0.2) is 0 Å². The molecular weight excluding hydrogens is 277 g/mol. The van der Waals surface area contributed by atoms with Crippen LogP contribution in [0.1, 0.15) is 13.8 Å². The van der Waals surface area contributed by atoms with Crippen LogP contribution in [0.5, 0.6) is 0 Å². The van der Waals surface area contributed by atoms with Crippen LogP contribution in [0, 0.1) is 0 Å². The molecule has 0 aliphatic heterocycles. The number of rotatable bonds is 8. The fraction of sp³-hybridized carbons (Fsp3) is 0.571. The average molecular weight is 301 g/mol. The van der Waals surface area contributed by atoms with E-state index in [-0.39, 0.29) is 6.16 Å². The standard InChI is InChI=1S/C14H24NO4P/c1-5-18-14(19-6-2)11-20(16,17)13-9-7-12(8-10-13)15(3)4/h7-10,14H,5-6,11H2,1-4H3,(H,16,17). The number of hydrogen-bond donors (Lipinski definition) is 1. The third kappa shape index (κ3) is 4.91. The number of ether oxygens (including phenoxy) is 2. The molecule has 6 heteroatoms. The highest BCUT2D eigenvalue weighted by Gasteiger charge is 2.27. The summed E-state index contributed by atoms with van der Waals surface area (Å²) in [5.74, 6) is 0. The Labute approximate surface area is 121 Å². The molecule has 1 rings (SSSR count). The van der Waals surface area contributed by atoms with Gasteiger partial charge in [0.1, 0.15) is 0 Å². The van der Waals surface area contributed by atoms with Gasteiger partial charge in [0.25, 0.3) is 0 Å². The first kappa shape index (κ1) is 17.2. The highest BCUT2D eigenvalue weighted by Crippen LogP contribution is 2.40. The van der Waals surface area contributed by atoms with E-state index in [0.717, 1.165) is 5.69 Å². The van der Waals surface area contributed by atoms with Crippen molar-refractivity contribution in [2.45, 2.75) is 20.1 Å². The molecule has 0 saturated carbocycles. The van der Waals surface area contributed by atoms with Gasteiger partial charge in [-0.1, -0.05) is 0 Å². The molecule has 0 aromatic heterocycles. The van der Waals surface area contributed by atoms with Gasteiger partial charge in [-0.3, -0.25) is 4.57 Å². The van der Waals surface area contributed by atoms with Crippen LogP contribution in [0.15, 0.2) is 24.3 Å². The summed E-state index contributed by atoms with van der Waals surface area (Å²) in [6.45, 7) is 4.56. The Morgan fingerprint density at radius 3 is 2.05 bits per heavy atom. The van der Waals surface area contributed by atoms with E-state index in [1.807, 2.05) is 45.0 Å². The van der Waals surface area contributed by atoms with Crippen LogP contribution >= 0.6 is 7.37 Å². The molecule has 0 bridgehead atoms. The van der Waals surface area contributed by atoms with Gasteiger partial charge < -0.3 is 19.3 Å². The van der Waals surface area contributed by atoms with E-state index in [1.165, 1.54) is 0 Å². The molecule has 1 atom stereocenters. The second-order valence-corrected chi connectivity index (χ2v) is 6.92. The Hall–Kier alpha value is -0.870. The van der Waals surface area contributed by atoms with Crippen molar-refractivity contribution in [3.8, 4) is 0 Å². The molecule has 114 valence electrons. The highest BCUT2D eigenvalue weighted by molar-refractivity contribution is 7.66. The second-order valence-electron chi connectivity index (χ2n) is 4.64. The number of benzene rings is 1. The first-order chi connectivity index (χ1) is 9.40. The largest absolute Gasteiger partial charge is 0.378 e. The van der Waals surface area contributed by atoms with Crippen molar-refractivity contribution in [3.05, 3.63) is 24.3 Å². The van der Waals surface area contributed by atoms with Gasteiger partial charge >= 0.3 is 0 Å². The van der Waals surface area contributed by atoms with Crippen molar-refractivity contribution in [1.82, 2.24) is 0 Å². The zero-order valence-corrected chi connectivity index (χ0v) is 13.5. The molecule has 0 fully saturated rings. The maximum Gasteiger partial charge on any atom is 0.234 e. The van der Waals surface area contributed by atoms with Gasteiger partial charge in [-0.15, -0.1) is 0 Å². The van der Waals surface area contributed by atoms with Gasteiger partial charge in [-0.2, -0.15) is 0 Å². The van der Waals surface area contributed by atoms with Crippen molar-refractivity contribution in [3.63, 3.8) is 0 Å². The smallest absolute Gasteiger partial charge is 0.234 e. The van der Waals surface area contributed by atoms with Crippen LogP contribution < -0.4 is 10.2 Å². The van der Waals surface area contributed by atoms with Crippen molar-refractivity contribution < 1.29 is 18.9 Å². The van der Waals surface area contributed by atoms with Crippen LogP contribution in [-0.4, -0.2) is 44.7 Å². The van der Waals surface area contributed by atoms with Crippen LogP contribution in [0.3, 0.4) is 0 Å². The summed E-state index contributed by atoms with van der Waals surface area (Å²) in [6.07, 6.45) is -0.676. The molecule has 0 radical (unpaired) electrons. The molecule has 5 nitrogen and oxygen atoms in total. The molecule has 0 aliphatic carbocycles. The Bertz CT molecular complexity index is 441. The minimum Gasteiger partial charge on any atom is -0.378 e. The number of nitrogens with zero attached hydrogens (tertiary/aromatic N) is 1. The molecule has 0 amide bonds. The normalized spacial score (nSPS) is 14.3. The monoisotopic (exact) mass is 301 g/mol. The minimum absolute atomic E-state index is 0.0318. The molecule has 0 saturated heterocycles. The maximum atomic E-state index is 12.4. The van der Waals surface area contributed by atoms with E-state index in [4.69, 9.17) is 9.47 Å². The van der Waals surface area contributed by atoms with Gasteiger partial charge in [0.2, 0.25) is 7.37 Å². The van der Waals surface area contributed by atoms with Gasteiger partial charge in [0.15, 0.2) is 6.29 Å². The molecule has 0 aliphatic rings. The average Bonchev–Trinajstić information content (AvgIpc) is 2.39. The summed E-state index contributed by atoms with van der Waals surface area (Å²) in [6, 6.07) is 7.03. The third-order valence-corrected chi connectivity index (χ3v) is 4.77. The van der Waals surface area contributed by atoms with Crippen molar-refractivity contribution >= 4 is 18.4 Å². The summed E-state index contributed by atoms with van der Waals surface area (Å²) in [7, 11) is 0.370. The molecule has 1 N–H and O–H groups in total. The van der Waals surface area contributed by atoms with E-state index < -0.39 is 13.7 Å². The summed E-state index contributed by atoms with van der Waals surface area (Å²) in [5, 5.41) is 0.424. The summed E-state index contributed by atoms with van der Waals surface area (Å²) < 4.78 is 23.1. The van der Waals surface area contributed by atoms with E-state index in [0.29, 0.717) is 18.5 Å². The second kappa shape index (κ2) is 7.79. The van der Waals surface area contributed by atoms with Crippen LogP contribution in [-0.2, 0) is 14.0 Å². The Kier molecular flexibility index (Phi) is 6.69. The number of hydrogen-bond acceptors (Lipinski definition) is 4. The van der Waals surface area contributed by atoms with Crippen LogP contribution in [0.2, 0.25) is 0 Å². The van der Waals surface area contributed by atoms with E-state index in [1.54, 1.807) is 12.1 Å². The van der Waals surface area contributed by atoms with Gasteiger partial charge in [-0.05, 0) is 38.1 Å². The van der Waals surface area contributed by atoms with E-state index in [2.05, 4.69) is 0 Å². The SMILES string of the molecule is CCOC(CP(=O)(O)c1ccc(N(C)C)cc1)OCC. The molecule has 0 spiro atoms. The van der Waals surface area contributed by atoms with Gasteiger partial charge in [0.05, 0.1) is 6.16 Å². The summed E-state index contributed by atoms with van der Waals surface area (Å²) in [5.41, 5.74) is 0.986. The van der Waals surface area contributed by atoms with E-state index >= 15 is 0 Å². The van der Waals surface area contributed by atoms with Crippen LogP contribution in [0.25, 0.3) is 0 Å².